The normalized spacial score (nSPS) is 12.4. The highest BCUT2D eigenvalue weighted by Gasteiger charge is 2.31. The Labute approximate surface area is 145 Å². The Balaban J connectivity index is 3.28. The molecule has 23 heavy (non-hydrogen) atoms. The van der Waals surface area contributed by atoms with E-state index >= 15 is 0 Å². The number of hydrogen-bond acceptors (Lipinski definition) is 1. The van der Waals surface area contributed by atoms with E-state index < -0.39 is 7.05 Å². The molecule has 0 N–H and O–H groups in total. The minimum absolute atomic E-state index is 0.0539. The number of hydrogen-bond donors (Lipinski definition) is 0. The fraction of sp³-hybridized carbons (Fsp3) is 0.714. The highest BCUT2D eigenvalue weighted by molar-refractivity contribution is 7.64. The van der Waals surface area contributed by atoms with E-state index in [4.69, 9.17) is 4.74 Å². The summed E-state index contributed by atoms with van der Waals surface area (Å²) in [5.41, 5.74) is 1.50. The average molecular weight is 336 g/mol. The van der Waals surface area contributed by atoms with Crippen LogP contribution in [0, 0.1) is 0 Å². The van der Waals surface area contributed by atoms with Gasteiger partial charge in [-0.3, -0.25) is 4.74 Å². The summed E-state index contributed by atoms with van der Waals surface area (Å²) in [5, 5.41) is 0. The van der Waals surface area contributed by atoms with Crippen molar-refractivity contribution in [2.24, 2.45) is 4.74 Å². The van der Waals surface area contributed by atoms with Crippen LogP contribution in [-0.2, 0) is 5.54 Å². The van der Waals surface area contributed by atoms with Crippen LogP contribution in [0.15, 0.2) is 35.1 Å². The molecule has 132 valence electrons. The van der Waals surface area contributed by atoms with Crippen molar-refractivity contribution in [3.8, 4) is 0 Å². The van der Waals surface area contributed by atoms with Gasteiger partial charge in [-0.15, -0.1) is 0 Å². The van der Waals surface area contributed by atoms with Crippen LogP contribution < -0.4 is 0 Å². The maximum Gasteiger partial charge on any atom is 0.0841 e. The van der Waals surface area contributed by atoms with E-state index in [9.17, 15) is 0 Å². The van der Waals surface area contributed by atoms with Crippen LogP contribution in [0.3, 0.4) is 0 Å². The van der Waals surface area contributed by atoms with Crippen molar-refractivity contribution in [3.05, 3.63) is 35.9 Å². The third-order valence-corrected chi connectivity index (χ3v) is 7.05. The molecule has 0 aliphatic rings. The molecule has 2 heteroatoms. The molecule has 0 aliphatic heterocycles. The number of nitrogens with zero attached hydrogens (tertiary/aromatic N) is 1. The summed E-state index contributed by atoms with van der Waals surface area (Å²) in [6.07, 6.45) is 11.4. The van der Waals surface area contributed by atoms with E-state index in [1.54, 1.807) is 0 Å². The molecule has 1 aromatic carbocycles. The molecule has 0 saturated carbocycles. The molecule has 0 amide bonds. The Morgan fingerprint density at radius 3 is 1.83 bits per heavy atom. The fourth-order valence-corrected chi connectivity index (χ4v) is 5.91. The zero-order valence-electron chi connectivity index (χ0n) is 16.1. The van der Waals surface area contributed by atoms with Gasteiger partial charge in [0.25, 0.3) is 0 Å². The van der Waals surface area contributed by atoms with Gasteiger partial charge in [-0.05, 0) is 51.4 Å². The molecular formula is C21H38NP. The first-order valence-electron chi connectivity index (χ1n) is 9.62. The van der Waals surface area contributed by atoms with Crippen molar-refractivity contribution < 1.29 is 0 Å². The van der Waals surface area contributed by atoms with Gasteiger partial charge in [0, 0.05) is 0 Å². The quantitative estimate of drug-likeness (QED) is 0.371. The lowest BCUT2D eigenvalue weighted by molar-refractivity contribution is 0.360. The molecule has 0 aromatic heterocycles. The fourth-order valence-electron chi connectivity index (χ4n) is 3.37. The van der Waals surface area contributed by atoms with Gasteiger partial charge < -0.3 is 0 Å². The average Bonchev–Trinajstić information content (AvgIpc) is 2.56. The van der Waals surface area contributed by atoms with E-state index in [2.05, 4.69) is 64.4 Å². The lowest BCUT2D eigenvalue weighted by atomic mass is 9.82. The first-order valence-corrected chi connectivity index (χ1v) is 12.4. The molecule has 0 unspecified atom stereocenters. The zero-order chi connectivity index (χ0) is 17.2. The minimum Gasteiger partial charge on any atom is -0.292 e. The van der Waals surface area contributed by atoms with Crippen LogP contribution in [0.5, 0.6) is 0 Å². The smallest absolute Gasteiger partial charge is 0.0841 e. The molecule has 0 spiro atoms. The molecule has 1 nitrogen and oxygen atoms in total. The first-order chi connectivity index (χ1) is 11.0. The topological polar surface area (TPSA) is 12.4 Å². The largest absolute Gasteiger partial charge is 0.292 e. The molecule has 1 aromatic rings. The highest BCUT2D eigenvalue weighted by Crippen LogP contribution is 2.50. The second-order valence-electron chi connectivity index (χ2n) is 7.40. The summed E-state index contributed by atoms with van der Waals surface area (Å²) in [6, 6.07) is 11.1. The first kappa shape index (κ1) is 20.5. The second kappa shape index (κ2) is 10.3. The van der Waals surface area contributed by atoms with E-state index in [-0.39, 0.29) is 5.54 Å². The number of benzene rings is 1. The highest BCUT2D eigenvalue weighted by atomic mass is 31.2. The SMILES string of the molecule is CCCCC(CCCC)(N=P(C)(C)CCCC)c1ccccc1. The maximum absolute atomic E-state index is 5.63. The predicted molar refractivity (Wildman–Crippen MR) is 108 cm³/mol. The Bertz CT molecular complexity index is 464. The van der Waals surface area contributed by atoms with Crippen LogP contribution in [0.2, 0.25) is 0 Å². The molecule has 0 bridgehead atoms. The van der Waals surface area contributed by atoms with Gasteiger partial charge in [-0.2, -0.15) is 0 Å². The maximum atomic E-state index is 5.63. The van der Waals surface area contributed by atoms with E-state index in [1.807, 2.05) is 0 Å². The van der Waals surface area contributed by atoms with Crippen molar-refractivity contribution in [2.45, 2.75) is 77.7 Å². The second-order valence-corrected chi connectivity index (χ2v) is 11.3. The lowest BCUT2D eigenvalue weighted by Gasteiger charge is -2.34. The van der Waals surface area contributed by atoms with Gasteiger partial charge in [0.05, 0.1) is 5.54 Å². The Kier molecular flexibility index (Phi) is 9.22. The van der Waals surface area contributed by atoms with Crippen LogP contribution in [0.25, 0.3) is 0 Å². The number of rotatable bonds is 11. The minimum atomic E-state index is -1.20. The Morgan fingerprint density at radius 2 is 1.35 bits per heavy atom. The third-order valence-electron chi connectivity index (χ3n) is 4.72. The summed E-state index contributed by atoms with van der Waals surface area (Å²) < 4.78 is 5.63. The van der Waals surface area contributed by atoms with Crippen LogP contribution >= 0.6 is 7.05 Å². The number of unbranched alkanes of at least 4 members (excludes halogenated alkanes) is 3. The van der Waals surface area contributed by atoms with E-state index in [1.165, 1.54) is 63.1 Å². The summed E-state index contributed by atoms with van der Waals surface area (Å²) in [7, 11) is -1.20. The zero-order valence-corrected chi connectivity index (χ0v) is 17.0. The van der Waals surface area contributed by atoms with Crippen LogP contribution in [0.4, 0.5) is 0 Å². The molecule has 0 fully saturated rings. The standard InChI is InChI=1S/C21H38NP/c1-6-9-17-21(18-10-7-2,20-15-13-12-14-16-20)22-23(4,5)19-11-8-3/h12-16H,6-11,17-19H2,1-5H3. The Morgan fingerprint density at radius 1 is 0.826 bits per heavy atom. The monoisotopic (exact) mass is 335 g/mol. The molecule has 0 radical (unpaired) electrons. The van der Waals surface area contributed by atoms with E-state index in [0.29, 0.717) is 0 Å². The van der Waals surface area contributed by atoms with Gasteiger partial charge in [-0.25, -0.2) is 0 Å². The molecule has 0 saturated heterocycles. The summed E-state index contributed by atoms with van der Waals surface area (Å²) >= 11 is 0. The molecular weight excluding hydrogens is 297 g/mol. The molecule has 0 heterocycles. The van der Waals surface area contributed by atoms with Gasteiger partial charge in [-0.1, -0.05) is 83.2 Å². The molecule has 0 aliphatic carbocycles. The van der Waals surface area contributed by atoms with Crippen molar-refractivity contribution in [1.82, 2.24) is 0 Å². The van der Waals surface area contributed by atoms with Crippen molar-refractivity contribution in [3.63, 3.8) is 0 Å². The lowest BCUT2D eigenvalue weighted by Crippen LogP contribution is -2.24. The third kappa shape index (κ3) is 6.84. The van der Waals surface area contributed by atoms with Gasteiger partial charge >= 0.3 is 0 Å². The van der Waals surface area contributed by atoms with E-state index in [0.717, 1.165) is 0 Å². The molecule has 1 rings (SSSR count). The molecule has 0 atom stereocenters. The Hall–Kier alpha value is -0.550. The summed E-state index contributed by atoms with van der Waals surface area (Å²) in [5.74, 6) is 0. The van der Waals surface area contributed by atoms with Gasteiger partial charge in [0.1, 0.15) is 0 Å². The predicted octanol–water partition coefficient (Wildman–Crippen LogP) is 7.52. The van der Waals surface area contributed by atoms with Crippen molar-refractivity contribution in [1.29, 1.82) is 0 Å². The van der Waals surface area contributed by atoms with Crippen LogP contribution in [0.1, 0.15) is 77.7 Å². The van der Waals surface area contributed by atoms with Gasteiger partial charge in [0.15, 0.2) is 0 Å². The summed E-state index contributed by atoms with van der Waals surface area (Å²) in [6.45, 7) is 11.8. The summed E-state index contributed by atoms with van der Waals surface area (Å²) in [4.78, 5) is 0. The van der Waals surface area contributed by atoms with Gasteiger partial charge in [0.2, 0.25) is 0 Å². The van der Waals surface area contributed by atoms with Crippen LogP contribution in [-0.4, -0.2) is 19.5 Å². The van der Waals surface area contributed by atoms with Crippen molar-refractivity contribution in [2.75, 3.05) is 19.5 Å². The van der Waals surface area contributed by atoms with Crippen molar-refractivity contribution >= 4 is 7.05 Å².